The third-order valence-electron chi connectivity index (χ3n) is 9.09. The van der Waals surface area contributed by atoms with Gasteiger partial charge in [-0.05, 0) is 53.9 Å². The molecule has 257 valence electrons. The van der Waals surface area contributed by atoms with Gasteiger partial charge in [0.15, 0.2) is 5.65 Å². The zero-order valence-electron chi connectivity index (χ0n) is 29.4. The number of hydrogen-bond donors (Lipinski definition) is 0. The number of nitrogens with zero attached hydrogens (tertiary/aromatic N) is 4. The second-order valence-corrected chi connectivity index (χ2v) is 13.1. The van der Waals surface area contributed by atoms with Crippen LogP contribution in [0.5, 0.6) is 0 Å². The fourth-order valence-corrected chi connectivity index (χ4v) is 6.45. The third kappa shape index (κ3) is 6.71. The number of rotatable bonds is 5. The van der Waals surface area contributed by atoms with Crippen molar-refractivity contribution in [3.63, 3.8) is 0 Å². The van der Waals surface area contributed by atoms with Crippen molar-refractivity contribution >= 4 is 33.1 Å². The Labute approximate surface area is 317 Å². The van der Waals surface area contributed by atoms with Crippen molar-refractivity contribution in [3.8, 4) is 39.6 Å². The van der Waals surface area contributed by atoms with Gasteiger partial charge in [0.2, 0.25) is 0 Å². The topological polar surface area (TPSA) is 56.7 Å². The van der Waals surface area contributed by atoms with Gasteiger partial charge in [0, 0.05) is 42.9 Å². The van der Waals surface area contributed by atoms with Gasteiger partial charge >= 0.3 is 0 Å². The molecular weight excluding hydrogens is 817 g/mol. The molecule has 0 aliphatic carbocycles. The smallest absolute Gasteiger partial charge is 0.156 e. The summed E-state index contributed by atoms with van der Waals surface area (Å²) in [5.41, 5.74) is 12.8. The Balaban J connectivity index is 0.000000236. The fraction of sp³-hybridized carbons (Fsp3) is 0.109. The van der Waals surface area contributed by atoms with Crippen LogP contribution in [0.1, 0.15) is 36.5 Å². The van der Waals surface area contributed by atoms with E-state index in [0.717, 1.165) is 72.7 Å². The molecule has 0 saturated carbocycles. The summed E-state index contributed by atoms with van der Waals surface area (Å²) in [7, 11) is 0. The van der Waals surface area contributed by atoms with E-state index in [0.29, 0.717) is 5.92 Å². The summed E-state index contributed by atoms with van der Waals surface area (Å²) >= 11 is 0. The van der Waals surface area contributed by atoms with Crippen molar-refractivity contribution in [1.29, 1.82) is 0 Å². The maximum absolute atomic E-state index is 6.39. The second-order valence-electron chi connectivity index (χ2n) is 13.1. The molecule has 0 bridgehead atoms. The molecule has 0 aliphatic rings. The predicted molar refractivity (Wildman–Crippen MR) is 208 cm³/mol. The minimum Gasteiger partial charge on any atom is -0.501 e. The standard InChI is InChI=1S/C33H24N3O.C13H12N.Ir/c1-21(2)23-13-6-8-17-29(23)36-32(26-16-10-15-25-24-14-7-9-18-30(24)37-31(25)26)35-28-20-19-27(34-33(28)36)22-11-4-3-5-12-22;1-10-3-6-12(7-4-10)13-8-5-11(2)9-14-13;/h3-15,17-21H,1-2H3;3-6,8-9H,1-2H3;/q2*-1;. The van der Waals surface area contributed by atoms with Crippen molar-refractivity contribution < 1.29 is 24.5 Å². The van der Waals surface area contributed by atoms with E-state index in [4.69, 9.17) is 14.4 Å². The average molecular weight is 853 g/mol. The van der Waals surface area contributed by atoms with Crippen LogP contribution in [-0.2, 0) is 20.1 Å². The zero-order chi connectivity index (χ0) is 34.9. The third-order valence-corrected chi connectivity index (χ3v) is 9.09. The molecule has 6 heteroatoms. The summed E-state index contributed by atoms with van der Waals surface area (Å²) in [6.07, 6.45) is 1.88. The first-order chi connectivity index (χ1) is 24.9. The van der Waals surface area contributed by atoms with Crippen LogP contribution in [0, 0.1) is 26.0 Å². The number of hydrogen-bond acceptors (Lipinski definition) is 4. The summed E-state index contributed by atoms with van der Waals surface area (Å²) in [6.45, 7) is 8.53. The van der Waals surface area contributed by atoms with Gasteiger partial charge in [0.1, 0.15) is 5.58 Å². The van der Waals surface area contributed by atoms with Gasteiger partial charge in [-0.25, -0.2) is 4.98 Å². The number of furan rings is 1. The molecule has 9 rings (SSSR count). The Bertz CT molecular complexity index is 2580. The van der Waals surface area contributed by atoms with E-state index in [2.05, 4.69) is 109 Å². The van der Waals surface area contributed by atoms with E-state index in [1.807, 2.05) is 79.9 Å². The number of imidazole rings is 1. The van der Waals surface area contributed by atoms with Crippen molar-refractivity contribution in [3.05, 3.63) is 168 Å². The van der Waals surface area contributed by atoms with Crippen molar-refractivity contribution in [2.45, 2.75) is 33.6 Å². The minimum atomic E-state index is 0. The molecule has 1 radical (unpaired) electrons. The molecular formula is C46H36IrN4O-2. The number of benzene rings is 5. The Morgan fingerprint density at radius 1 is 0.673 bits per heavy atom. The number of aromatic nitrogens is 4. The first kappa shape index (κ1) is 34.8. The zero-order valence-corrected chi connectivity index (χ0v) is 31.8. The van der Waals surface area contributed by atoms with Gasteiger partial charge in [-0.1, -0.05) is 111 Å². The maximum Gasteiger partial charge on any atom is 0.156 e. The fourth-order valence-electron chi connectivity index (χ4n) is 6.45. The van der Waals surface area contributed by atoms with Gasteiger partial charge < -0.3 is 14.0 Å². The van der Waals surface area contributed by atoms with Crippen LogP contribution in [0.3, 0.4) is 0 Å². The largest absolute Gasteiger partial charge is 0.501 e. The van der Waals surface area contributed by atoms with Gasteiger partial charge in [0.05, 0.1) is 22.6 Å². The first-order valence-electron chi connectivity index (χ1n) is 17.2. The van der Waals surface area contributed by atoms with Gasteiger partial charge in [-0.2, -0.15) is 0 Å². The normalized spacial score (nSPS) is 11.1. The van der Waals surface area contributed by atoms with Crippen LogP contribution in [0.15, 0.2) is 144 Å². The number of fused-ring (bicyclic) bond motifs is 4. The molecule has 0 atom stereocenters. The summed E-state index contributed by atoms with van der Waals surface area (Å²) < 4.78 is 8.57. The molecule has 0 spiro atoms. The molecule has 0 saturated heterocycles. The van der Waals surface area contributed by atoms with Gasteiger partial charge in [0.25, 0.3) is 0 Å². The average Bonchev–Trinajstić information content (AvgIpc) is 3.74. The molecule has 52 heavy (non-hydrogen) atoms. The molecule has 0 N–H and O–H groups in total. The van der Waals surface area contributed by atoms with E-state index in [1.165, 1.54) is 16.7 Å². The van der Waals surface area contributed by atoms with Crippen LogP contribution in [-0.4, -0.2) is 19.5 Å². The van der Waals surface area contributed by atoms with Crippen molar-refractivity contribution in [2.75, 3.05) is 0 Å². The van der Waals surface area contributed by atoms with E-state index in [-0.39, 0.29) is 20.1 Å². The quantitative estimate of drug-likeness (QED) is 0.162. The van der Waals surface area contributed by atoms with E-state index in [1.54, 1.807) is 0 Å². The summed E-state index contributed by atoms with van der Waals surface area (Å²) in [4.78, 5) is 14.6. The van der Waals surface area contributed by atoms with Gasteiger partial charge in [-0.15, -0.1) is 53.6 Å². The molecule has 5 aromatic carbocycles. The summed E-state index contributed by atoms with van der Waals surface area (Å²) in [5, 5.41) is 2.14. The number of pyridine rings is 2. The van der Waals surface area contributed by atoms with Gasteiger partial charge in [-0.3, -0.25) is 4.98 Å². The van der Waals surface area contributed by atoms with Crippen LogP contribution in [0.4, 0.5) is 0 Å². The van der Waals surface area contributed by atoms with Crippen LogP contribution >= 0.6 is 0 Å². The molecule has 9 aromatic rings. The molecule has 0 aliphatic heterocycles. The second kappa shape index (κ2) is 14.9. The molecule has 4 aromatic heterocycles. The van der Waals surface area contributed by atoms with E-state index < -0.39 is 0 Å². The molecule has 0 unspecified atom stereocenters. The SMILES string of the molecule is CC(C)c1ccccc1-n1c(-c2[c-]ccc3c2oc2ccccc23)nc2ccc(-c3ccccc3)nc21.Cc1c[c-]c(-c2ccc(C)cn2)cc1.[Ir]. The van der Waals surface area contributed by atoms with E-state index in [9.17, 15) is 0 Å². The Kier molecular flexibility index (Phi) is 9.95. The minimum absolute atomic E-state index is 0. The van der Waals surface area contributed by atoms with Crippen molar-refractivity contribution in [2.24, 2.45) is 0 Å². The molecule has 0 fully saturated rings. The van der Waals surface area contributed by atoms with Crippen LogP contribution in [0.2, 0.25) is 0 Å². The predicted octanol–water partition coefficient (Wildman–Crippen LogP) is 11.7. The molecule has 5 nitrogen and oxygen atoms in total. The monoisotopic (exact) mass is 853 g/mol. The Hall–Kier alpha value is -5.68. The Morgan fingerprint density at radius 3 is 2.19 bits per heavy atom. The Morgan fingerprint density at radius 2 is 1.42 bits per heavy atom. The van der Waals surface area contributed by atoms with Crippen molar-refractivity contribution in [1.82, 2.24) is 19.5 Å². The summed E-state index contributed by atoms with van der Waals surface area (Å²) in [6, 6.07) is 51.9. The number of aryl methyl sites for hydroxylation is 2. The maximum atomic E-state index is 6.39. The first-order valence-corrected chi connectivity index (χ1v) is 17.2. The number of para-hydroxylation sites is 2. The molecule has 0 amide bonds. The van der Waals surface area contributed by atoms with E-state index >= 15 is 0 Å². The summed E-state index contributed by atoms with van der Waals surface area (Å²) in [5.74, 6) is 1.09. The van der Waals surface area contributed by atoms with Crippen LogP contribution < -0.4 is 0 Å². The van der Waals surface area contributed by atoms with Crippen LogP contribution in [0.25, 0.3) is 72.7 Å². The molecule has 4 heterocycles.